The van der Waals surface area contributed by atoms with Gasteiger partial charge in [0.1, 0.15) is 0 Å². The molecule has 154 valence electrons. The zero-order chi connectivity index (χ0) is 20.7. The number of nitrogens with zero attached hydrogens (tertiary/aromatic N) is 3. The minimum absolute atomic E-state index is 0.0843. The van der Waals surface area contributed by atoms with Crippen LogP contribution in [0.15, 0.2) is 29.3 Å². The lowest BCUT2D eigenvalue weighted by Gasteiger charge is -2.27. The highest BCUT2D eigenvalue weighted by molar-refractivity contribution is 8.16. The summed E-state index contributed by atoms with van der Waals surface area (Å²) < 4.78 is 24.4. The van der Waals surface area contributed by atoms with Gasteiger partial charge in [0, 0.05) is 35.1 Å². The summed E-state index contributed by atoms with van der Waals surface area (Å²) in [6, 6.07) is 7.91. The quantitative estimate of drug-likeness (QED) is 0.741. The van der Waals surface area contributed by atoms with E-state index in [1.807, 2.05) is 49.9 Å². The van der Waals surface area contributed by atoms with E-state index in [1.54, 1.807) is 0 Å². The molecule has 3 rings (SSSR count). The van der Waals surface area contributed by atoms with Crippen molar-refractivity contribution >= 4 is 44.0 Å². The largest absolute Gasteiger partial charge is 0.372 e. The topological polar surface area (TPSA) is 70.0 Å². The lowest BCUT2D eigenvalue weighted by atomic mass is 9.96. The summed E-state index contributed by atoms with van der Waals surface area (Å²) in [6.07, 6.45) is 0. The summed E-state index contributed by atoms with van der Waals surface area (Å²) in [6.45, 7) is 11.6. The monoisotopic (exact) mass is 423 g/mol. The number of rotatable bonds is 4. The number of hydrogen-bond donors (Lipinski definition) is 0. The van der Waals surface area contributed by atoms with Crippen LogP contribution in [0.3, 0.4) is 0 Å². The van der Waals surface area contributed by atoms with Crippen LogP contribution in [0.25, 0.3) is 0 Å². The van der Waals surface area contributed by atoms with Gasteiger partial charge in [0.25, 0.3) is 5.91 Å². The van der Waals surface area contributed by atoms with Crippen molar-refractivity contribution in [1.29, 1.82) is 0 Å². The van der Waals surface area contributed by atoms with Gasteiger partial charge in [-0.1, -0.05) is 32.5 Å². The number of fused-ring (bicyclic) bond motifs is 1. The van der Waals surface area contributed by atoms with E-state index in [9.17, 15) is 13.2 Å². The summed E-state index contributed by atoms with van der Waals surface area (Å²) in [7, 11) is -3.07. The van der Waals surface area contributed by atoms with Crippen LogP contribution in [-0.2, 0) is 14.6 Å². The maximum atomic E-state index is 12.5. The van der Waals surface area contributed by atoms with Crippen LogP contribution in [-0.4, -0.2) is 55.4 Å². The lowest BCUT2D eigenvalue weighted by Crippen LogP contribution is -2.38. The van der Waals surface area contributed by atoms with E-state index in [0.717, 1.165) is 24.5 Å². The van der Waals surface area contributed by atoms with Crippen molar-refractivity contribution in [2.75, 3.05) is 34.4 Å². The van der Waals surface area contributed by atoms with Crippen LogP contribution in [0, 0.1) is 5.41 Å². The third-order valence-corrected chi connectivity index (χ3v) is 8.37. The fourth-order valence-corrected chi connectivity index (χ4v) is 7.45. The third-order valence-electron chi connectivity index (χ3n) is 5.16. The Morgan fingerprint density at radius 1 is 1.18 bits per heavy atom. The molecule has 0 aromatic heterocycles. The molecule has 6 nitrogen and oxygen atoms in total. The minimum Gasteiger partial charge on any atom is -0.372 e. The van der Waals surface area contributed by atoms with Crippen LogP contribution in [0.1, 0.15) is 34.6 Å². The predicted molar refractivity (Wildman–Crippen MR) is 118 cm³/mol. The van der Waals surface area contributed by atoms with Gasteiger partial charge in [-0.25, -0.2) is 8.42 Å². The van der Waals surface area contributed by atoms with E-state index in [-0.39, 0.29) is 28.7 Å². The van der Waals surface area contributed by atoms with E-state index in [2.05, 4.69) is 23.7 Å². The van der Waals surface area contributed by atoms with Crippen molar-refractivity contribution in [1.82, 2.24) is 0 Å². The zero-order valence-electron chi connectivity index (χ0n) is 17.2. The number of carbonyl (C=O) groups is 1. The van der Waals surface area contributed by atoms with E-state index in [4.69, 9.17) is 0 Å². The van der Waals surface area contributed by atoms with E-state index in [1.165, 1.54) is 11.8 Å². The second kappa shape index (κ2) is 7.71. The molecule has 2 aliphatic heterocycles. The van der Waals surface area contributed by atoms with Crippen molar-refractivity contribution in [2.24, 2.45) is 10.4 Å². The summed E-state index contributed by atoms with van der Waals surface area (Å²) in [4.78, 5) is 21.1. The Hall–Kier alpha value is -1.54. The number of anilines is 2. The number of sulfone groups is 1. The second-order valence-corrected chi connectivity index (χ2v) is 11.7. The molecule has 1 amide bonds. The Bertz CT molecular complexity index is 869. The molecule has 2 atom stereocenters. The third kappa shape index (κ3) is 4.22. The molecule has 8 heteroatoms. The van der Waals surface area contributed by atoms with Crippen LogP contribution < -0.4 is 9.80 Å². The molecule has 2 saturated heterocycles. The molecular weight excluding hydrogens is 394 g/mol. The van der Waals surface area contributed by atoms with Gasteiger partial charge in [0.05, 0.1) is 17.5 Å². The SMILES string of the molecule is CCN(CC)c1ccc(N2C(=NC(=O)C(C)(C)C)S[C@@H]3CS(=O)(=O)C[C@@H]32)cc1. The molecule has 2 heterocycles. The molecule has 0 unspecified atom stereocenters. The molecule has 0 bridgehead atoms. The normalized spacial score (nSPS) is 25.2. The molecular formula is C20H29N3O3S2. The standard InChI is InChI=1S/C20H29N3O3S2/c1-6-22(7-2)14-8-10-15(11-9-14)23-16-12-28(25,26)13-17(16)27-19(23)21-18(24)20(3,4)5/h8-11,16-17H,6-7,12-13H2,1-5H3/t16-,17+/m0/s1. The molecule has 1 aromatic carbocycles. The first-order valence-corrected chi connectivity index (χ1v) is 12.4. The zero-order valence-corrected chi connectivity index (χ0v) is 18.8. The highest BCUT2D eigenvalue weighted by atomic mass is 32.2. The van der Waals surface area contributed by atoms with Gasteiger partial charge < -0.3 is 9.80 Å². The molecule has 0 radical (unpaired) electrons. The predicted octanol–water partition coefficient (Wildman–Crippen LogP) is 3.18. The number of aliphatic imine (C=N–C) groups is 1. The first-order chi connectivity index (χ1) is 13.1. The summed E-state index contributed by atoms with van der Waals surface area (Å²) >= 11 is 1.42. The Labute approximate surface area is 172 Å². The average Bonchev–Trinajstić information content (AvgIpc) is 3.06. The first-order valence-electron chi connectivity index (χ1n) is 9.70. The summed E-state index contributed by atoms with van der Waals surface area (Å²) in [5.74, 6) is 0.0483. The Morgan fingerprint density at radius 2 is 1.79 bits per heavy atom. The molecule has 0 saturated carbocycles. The number of carbonyl (C=O) groups excluding carboxylic acids is 1. The molecule has 0 spiro atoms. The van der Waals surface area contributed by atoms with E-state index < -0.39 is 15.3 Å². The average molecular weight is 424 g/mol. The maximum Gasteiger partial charge on any atom is 0.253 e. The highest BCUT2D eigenvalue weighted by Crippen LogP contribution is 2.41. The Morgan fingerprint density at radius 3 is 2.32 bits per heavy atom. The van der Waals surface area contributed by atoms with Gasteiger partial charge >= 0.3 is 0 Å². The molecule has 0 N–H and O–H groups in total. The van der Waals surface area contributed by atoms with E-state index in [0.29, 0.717) is 5.17 Å². The molecule has 0 aliphatic carbocycles. The molecule has 28 heavy (non-hydrogen) atoms. The van der Waals surface area contributed by atoms with Crippen LogP contribution in [0.4, 0.5) is 11.4 Å². The second-order valence-electron chi connectivity index (χ2n) is 8.31. The fraction of sp³-hybridized carbons (Fsp3) is 0.600. The first kappa shape index (κ1) is 21.2. The van der Waals surface area contributed by atoms with Crippen molar-refractivity contribution in [2.45, 2.75) is 45.9 Å². The van der Waals surface area contributed by atoms with Crippen molar-refractivity contribution < 1.29 is 13.2 Å². The smallest absolute Gasteiger partial charge is 0.253 e. The lowest BCUT2D eigenvalue weighted by molar-refractivity contribution is -0.124. The van der Waals surface area contributed by atoms with Gasteiger partial charge in [0.2, 0.25) is 0 Å². The van der Waals surface area contributed by atoms with Gasteiger partial charge in [-0.3, -0.25) is 4.79 Å². The number of benzene rings is 1. The van der Waals surface area contributed by atoms with Crippen molar-refractivity contribution in [3.8, 4) is 0 Å². The molecule has 2 aliphatic rings. The Balaban J connectivity index is 1.97. The van der Waals surface area contributed by atoms with Crippen LogP contribution in [0.2, 0.25) is 0 Å². The Kier molecular flexibility index (Phi) is 5.83. The van der Waals surface area contributed by atoms with Gasteiger partial charge in [0.15, 0.2) is 15.0 Å². The number of thioether (sulfide) groups is 1. The number of amides is 1. The van der Waals surface area contributed by atoms with E-state index >= 15 is 0 Å². The highest BCUT2D eigenvalue weighted by Gasteiger charge is 2.49. The number of hydrogen-bond acceptors (Lipinski definition) is 5. The van der Waals surface area contributed by atoms with Gasteiger partial charge in [-0.15, -0.1) is 0 Å². The summed E-state index contributed by atoms with van der Waals surface area (Å²) in [5.41, 5.74) is 1.43. The summed E-state index contributed by atoms with van der Waals surface area (Å²) in [5, 5.41) is 0.527. The minimum atomic E-state index is -3.07. The van der Waals surface area contributed by atoms with Gasteiger partial charge in [-0.2, -0.15) is 4.99 Å². The van der Waals surface area contributed by atoms with Crippen LogP contribution >= 0.6 is 11.8 Å². The molecule has 1 aromatic rings. The van der Waals surface area contributed by atoms with Crippen molar-refractivity contribution in [3.05, 3.63) is 24.3 Å². The number of amidine groups is 1. The fourth-order valence-electron chi connectivity index (χ4n) is 3.53. The molecule has 2 fully saturated rings. The van der Waals surface area contributed by atoms with Gasteiger partial charge in [-0.05, 0) is 38.1 Å². The maximum absolute atomic E-state index is 12.5. The van der Waals surface area contributed by atoms with Crippen molar-refractivity contribution in [3.63, 3.8) is 0 Å². The van der Waals surface area contributed by atoms with Crippen LogP contribution in [0.5, 0.6) is 0 Å².